The zero-order chi connectivity index (χ0) is 34.9. The highest BCUT2D eigenvalue weighted by molar-refractivity contribution is 5.39. The first kappa shape index (κ1) is 37.7. The molecule has 0 radical (unpaired) electrons. The largest absolute Gasteiger partial charge is 0.0654 e. The lowest BCUT2D eigenvalue weighted by Crippen LogP contribution is -2.14. The normalized spacial score (nSPS) is 13.5. The summed E-state index contributed by atoms with van der Waals surface area (Å²) in [4.78, 5) is 0. The van der Waals surface area contributed by atoms with Crippen LogP contribution >= 0.6 is 0 Å². The zero-order valence-corrected chi connectivity index (χ0v) is 32.3. The fourth-order valence-corrected chi connectivity index (χ4v) is 7.78. The van der Waals surface area contributed by atoms with E-state index in [-0.39, 0.29) is 10.8 Å². The second kappa shape index (κ2) is 17.0. The number of unbranched alkanes of at least 4 members (excludes halogenated alkanes) is 1. The van der Waals surface area contributed by atoms with E-state index in [1.54, 1.807) is 0 Å². The molecule has 258 valence electrons. The summed E-state index contributed by atoms with van der Waals surface area (Å²) in [6, 6.07) is 33.5. The lowest BCUT2D eigenvalue weighted by molar-refractivity contribution is 0.575. The molecule has 2 unspecified atom stereocenters. The van der Waals surface area contributed by atoms with Crippen LogP contribution in [0.2, 0.25) is 0 Å². The highest BCUT2D eigenvalue weighted by Gasteiger charge is 2.21. The Bertz CT molecular complexity index is 1430. The first-order valence-corrected chi connectivity index (χ1v) is 19.2. The first-order valence-electron chi connectivity index (χ1n) is 19.2. The number of hydrogen-bond donors (Lipinski definition) is 0. The molecule has 2 atom stereocenters. The van der Waals surface area contributed by atoms with Crippen molar-refractivity contribution < 1.29 is 0 Å². The van der Waals surface area contributed by atoms with Crippen molar-refractivity contribution in [1.82, 2.24) is 0 Å². The van der Waals surface area contributed by atoms with Crippen molar-refractivity contribution in [3.8, 4) is 0 Å². The molecule has 48 heavy (non-hydrogen) atoms. The quantitative estimate of drug-likeness (QED) is 0.113. The van der Waals surface area contributed by atoms with E-state index >= 15 is 0 Å². The smallest absolute Gasteiger partial charge is 0.0121 e. The lowest BCUT2D eigenvalue weighted by Gasteiger charge is -2.25. The van der Waals surface area contributed by atoms with Gasteiger partial charge in [0.05, 0.1) is 0 Å². The molecule has 4 aromatic carbocycles. The third-order valence-electron chi connectivity index (χ3n) is 10.5. The Hall–Kier alpha value is -3.12. The molecule has 4 rings (SSSR count). The van der Waals surface area contributed by atoms with Crippen LogP contribution in [0.5, 0.6) is 0 Å². The average molecular weight is 643 g/mol. The first-order chi connectivity index (χ1) is 22.8. The monoisotopic (exact) mass is 643 g/mol. The minimum atomic E-state index is 0.179. The fraction of sp³-hybridized carbons (Fsp3) is 0.500. The van der Waals surface area contributed by atoms with E-state index in [1.165, 1.54) is 94.2 Å². The zero-order valence-electron chi connectivity index (χ0n) is 32.3. The SMILES string of the molecule is CCCC(Cc1ccc(CCCCc2ccc(CC(CCC)c3ccc(C)c(C(C)(C)C)c3)cc2)cc1)c1ccc(C)c(C(C)(C)C)c1. The molecule has 0 N–H and O–H groups in total. The summed E-state index contributed by atoms with van der Waals surface area (Å²) in [5.74, 6) is 1.16. The van der Waals surface area contributed by atoms with Crippen molar-refractivity contribution >= 4 is 0 Å². The van der Waals surface area contributed by atoms with Crippen molar-refractivity contribution in [3.63, 3.8) is 0 Å². The van der Waals surface area contributed by atoms with E-state index in [0.717, 1.165) is 25.7 Å². The Morgan fingerprint density at radius 1 is 0.458 bits per heavy atom. The second-order valence-electron chi connectivity index (χ2n) is 16.9. The van der Waals surface area contributed by atoms with E-state index in [1.807, 2.05) is 0 Å². The van der Waals surface area contributed by atoms with E-state index < -0.39 is 0 Å². The van der Waals surface area contributed by atoms with Crippen LogP contribution in [0.4, 0.5) is 0 Å². The highest BCUT2D eigenvalue weighted by atomic mass is 14.3. The number of rotatable bonds is 15. The van der Waals surface area contributed by atoms with Gasteiger partial charge < -0.3 is 0 Å². The van der Waals surface area contributed by atoms with Crippen LogP contribution in [-0.4, -0.2) is 0 Å². The molecule has 0 aliphatic rings. The molecule has 0 heteroatoms. The molecule has 0 aromatic heterocycles. The van der Waals surface area contributed by atoms with Crippen LogP contribution < -0.4 is 0 Å². The molecule has 0 aliphatic heterocycles. The van der Waals surface area contributed by atoms with Crippen LogP contribution in [0.3, 0.4) is 0 Å². The van der Waals surface area contributed by atoms with Gasteiger partial charge in [-0.2, -0.15) is 0 Å². The Morgan fingerprint density at radius 3 is 1.10 bits per heavy atom. The molecule has 4 aromatic rings. The predicted octanol–water partition coefficient (Wildman–Crippen LogP) is 13.7. The second-order valence-corrected chi connectivity index (χ2v) is 16.9. The van der Waals surface area contributed by atoms with Gasteiger partial charge in [-0.15, -0.1) is 0 Å². The molecule has 0 saturated carbocycles. The van der Waals surface area contributed by atoms with Gasteiger partial charge >= 0.3 is 0 Å². The van der Waals surface area contributed by atoms with Crippen LogP contribution in [0.15, 0.2) is 84.9 Å². The van der Waals surface area contributed by atoms with Crippen molar-refractivity contribution in [2.75, 3.05) is 0 Å². The maximum atomic E-state index is 2.49. The topological polar surface area (TPSA) is 0 Å². The third kappa shape index (κ3) is 10.7. The van der Waals surface area contributed by atoms with Gasteiger partial charge in [-0.05, 0) is 144 Å². The van der Waals surface area contributed by atoms with Gasteiger partial charge in [-0.1, -0.05) is 153 Å². The number of aryl methyl sites for hydroxylation is 4. The molecule has 0 nitrogen and oxygen atoms in total. The van der Waals surface area contributed by atoms with Crippen LogP contribution in [-0.2, 0) is 36.5 Å². The Balaban J connectivity index is 1.28. The highest BCUT2D eigenvalue weighted by Crippen LogP contribution is 2.34. The minimum Gasteiger partial charge on any atom is -0.0654 e. The summed E-state index contributed by atoms with van der Waals surface area (Å²) in [5, 5.41) is 0. The van der Waals surface area contributed by atoms with Gasteiger partial charge in [0.2, 0.25) is 0 Å². The number of hydrogen-bond acceptors (Lipinski definition) is 0. The molecule has 0 bridgehead atoms. The maximum Gasteiger partial charge on any atom is -0.0121 e. The van der Waals surface area contributed by atoms with Crippen molar-refractivity contribution in [1.29, 1.82) is 0 Å². The molecular formula is C48H66. The van der Waals surface area contributed by atoms with Gasteiger partial charge in [0, 0.05) is 0 Å². The van der Waals surface area contributed by atoms with Crippen molar-refractivity contribution in [3.05, 3.63) is 141 Å². The third-order valence-corrected chi connectivity index (χ3v) is 10.5. The summed E-state index contributed by atoms with van der Waals surface area (Å²) in [6.07, 6.45) is 12.0. The molecular weight excluding hydrogens is 577 g/mol. The van der Waals surface area contributed by atoms with Crippen LogP contribution in [0, 0.1) is 13.8 Å². The molecule has 0 spiro atoms. The maximum absolute atomic E-state index is 2.49. The summed E-state index contributed by atoms with van der Waals surface area (Å²) in [6.45, 7) is 23.2. The van der Waals surface area contributed by atoms with Crippen LogP contribution in [0.1, 0.15) is 161 Å². The Kier molecular flexibility index (Phi) is 13.4. The Labute approximate surface area is 295 Å². The molecule has 0 saturated heterocycles. The van der Waals surface area contributed by atoms with Gasteiger partial charge in [0.25, 0.3) is 0 Å². The van der Waals surface area contributed by atoms with Gasteiger partial charge in [-0.25, -0.2) is 0 Å². The molecule has 0 heterocycles. The lowest BCUT2D eigenvalue weighted by atomic mass is 9.80. The average Bonchev–Trinajstić information content (AvgIpc) is 3.03. The summed E-state index contributed by atoms with van der Waals surface area (Å²) < 4.78 is 0. The minimum absolute atomic E-state index is 0.179. The van der Waals surface area contributed by atoms with E-state index in [2.05, 4.69) is 154 Å². The van der Waals surface area contributed by atoms with Crippen molar-refractivity contribution in [2.24, 2.45) is 0 Å². The standard InChI is InChI=1S/C48H66/c1-11-15-41(43-29-19-35(3)45(33-43)47(5,6)7)31-39-25-21-37(22-26-39)17-13-14-18-38-23-27-40(28-24-38)32-42(16-12-2)44-30-20-36(4)46(34-44)48(8,9)10/h19-30,33-34,41-42H,11-18,31-32H2,1-10H3. The van der Waals surface area contributed by atoms with Crippen molar-refractivity contribution in [2.45, 2.75) is 156 Å². The summed E-state index contributed by atoms with van der Waals surface area (Å²) >= 11 is 0. The van der Waals surface area contributed by atoms with Crippen LogP contribution in [0.25, 0.3) is 0 Å². The number of benzene rings is 4. The van der Waals surface area contributed by atoms with Gasteiger partial charge in [0.1, 0.15) is 0 Å². The molecule has 0 amide bonds. The van der Waals surface area contributed by atoms with E-state index in [0.29, 0.717) is 11.8 Å². The molecule has 0 fully saturated rings. The van der Waals surface area contributed by atoms with E-state index in [9.17, 15) is 0 Å². The molecule has 0 aliphatic carbocycles. The van der Waals surface area contributed by atoms with Gasteiger partial charge in [-0.3, -0.25) is 0 Å². The summed E-state index contributed by atoms with van der Waals surface area (Å²) in [5.41, 5.74) is 15.0. The predicted molar refractivity (Wildman–Crippen MR) is 212 cm³/mol. The van der Waals surface area contributed by atoms with Gasteiger partial charge in [0.15, 0.2) is 0 Å². The fourth-order valence-electron chi connectivity index (χ4n) is 7.78. The van der Waals surface area contributed by atoms with E-state index in [4.69, 9.17) is 0 Å². The Morgan fingerprint density at radius 2 is 0.792 bits per heavy atom. The summed E-state index contributed by atoms with van der Waals surface area (Å²) in [7, 11) is 0.